The molecule has 0 radical (unpaired) electrons. The Morgan fingerprint density at radius 1 is 0.519 bits per heavy atom. The zero-order chi connectivity index (χ0) is 36.7. The molecular weight excluding hydrogens is 709 g/mol. The van der Waals surface area contributed by atoms with Crippen molar-refractivity contribution in [2.75, 3.05) is 37.7 Å². The van der Waals surface area contributed by atoms with Crippen LogP contribution in [0.25, 0.3) is 0 Å². The summed E-state index contributed by atoms with van der Waals surface area (Å²) in [6.07, 6.45) is 19.1. The van der Waals surface area contributed by atoms with Gasteiger partial charge in [0.25, 0.3) is 0 Å². The molecule has 4 aliphatic heterocycles. The molecule has 294 valence electrons. The molecule has 4 amide bonds. The molecule has 0 aromatic heterocycles. The second kappa shape index (κ2) is 18.7. The molecule has 6 aliphatic rings. The minimum Gasteiger partial charge on any atom is -0.338 e. The van der Waals surface area contributed by atoms with Gasteiger partial charge in [-0.25, -0.2) is 9.59 Å². The molecule has 2 saturated heterocycles. The normalized spacial score (nSPS) is 29.9. The van der Waals surface area contributed by atoms with Crippen LogP contribution in [0.5, 0.6) is 0 Å². The first-order valence-electron chi connectivity index (χ1n) is 21.6. The predicted octanol–water partition coefficient (Wildman–Crippen LogP) is 9.43. The van der Waals surface area contributed by atoms with Crippen LogP contribution in [0.2, 0.25) is 0 Å². The van der Waals surface area contributed by atoms with E-state index in [1.165, 1.54) is 77.3 Å². The quantitative estimate of drug-likeness (QED) is 0.0947. The maximum absolute atomic E-state index is 12.5. The zero-order valence-corrected chi connectivity index (χ0v) is 34.0. The zero-order valence-electron chi connectivity index (χ0n) is 32.3. The summed E-state index contributed by atoms with van der Waals surface area (Å²) in [5.41, 5.74) is 6.33. The summed E-state index contributed by atoms with van der Waals surface area (Å²) in [5.74, 6) is 3.61. The van der Waals surface area contributed by atoms with E-state index in [9.17, 15) is 9.59 Å². The molecule has 4 N–H and O–H groups in total. The highest BCUT2D eigenvalue weighted by molar-refractivity contribution is 8.76. The number of hydrogen-bond donors (Lipinski definition) is 4. The average molecular weight is 773 g/mol. The summed E-state index contributed by atoms with van der Waals surface area (Å²) in [6, 6.07) is 21.4. The van der Waals surface area contributed by atoms with Crippen LogP contribution in [0.15, 0.2) is 48.5 Å². The number of urea groups is 2. The lowest BCUT2D eigenvalue weighted by atomic mass is 9.84. The van der Waals surface area contributed by atoms with E-state index in [1.54, 1.807) is 22.3 Å². The van der Waals surface area contributed by atoms with Gasteiger partial charge in [-0.3, -0.25) is 9.80 Å². The number of carbonyl (C=O) groups excluding carboxylic acids is 2. The van der Waals surface area contributed by atoms with Crippen molar-refractivity contribution in [2.45, 2.75) is 139 Å². The van der Waals surface area contributed by atoms with Crippen molar-refractivity contribution in [2.24, 2.45) is 11.8 Å². The minimum atomic E-state index is -0.00405. The fraction of sp³-hybridized carbons (Fsp3) is 0.682. The summed E-state index contributed by atoms with van der Waals surface area (Å²) in [7, 11) is 3.73. The Hall–Kier alpha value is -2.40. The molecule has 1 unspecified atom stereocenters. The van der Waals surface area contributed by atoms with E-state index in [2.05, 4.69) is 79.6 Å². The van der Waals surface area contributed by atoms with Gasteiger partial charge in [-0.1, -0.05) is 70.1 Å². The molecule has 2 saturated carbocycles. The number of carbonyl (C=O) groups is 2. The third kappa shape index (κ3) is 9.24. The van der Waals surface area contributed by atoms with Crippen LogP contribution in [-0.4, -0.2) is 71.6 Å². The average Bonchev–Trinajstić information content (AvgIpc) is 3.96. The second-order valence-electron chi connectivity index (χ2n) is 17.1. The van der Waals surface area contributed by atoms with Crippen LogP contribution in [-0.2, 0) is 0 Å². The largest absolute Gasteiger partial charge is 0.338 e. The maximum Gasteiger partial charge on any atom is 0.315 e. The van der Waals surface area contributed by atoms with E-state index in [1.807, 2.05) is 21.6 Å². The van der Waals surface area contributed by atoms with Gasteiger partial charge in [0.2, 0.25) is 0 Å². The first-order chi connectivity index (χ1) is 26.6. The van der Waals surface area contributed by atoms with E-state index in [-0.39, 0.29) is 12.1 Å². The SMILES string of the molecule is O=C(NCCCSSCCCNC(=O)NC1CCC(CCN2[C@@H]3CC[C@H]2c2ccccc23)CC1)NC1CCC(CCN2C3CC[C@@H]2c2ccccc23)CC1. The summed E-state index contributed by atoms with van der Waals surface area (Å²) < 4.78 is 0. The first kappa shape index (κ1) is 38.5. The van der Waals surface area contributed by atoms with Crippen molar-refractivity contribution < 1.29 is 9.59 Å². The standard InChI is InChI=1S/C44H64N6O2S2/c51-43(47-33-15-11-31(12-16-33)23-27-49-39-19-20-40(49)36-8-2-1-7-35(36)39)45-25-5-29-53-54-30-6-26-46-44(52)48-34-17-13-32(14-18-34)24-28-50-41-21-22-42(50)38-10-4-3-9-37(38)41/h1-4,7-10,31-34,39-42H,5-6,11-30H2,(H2,45,47,51)(H2,46,48,52)/t31?,32?,33?,34?,39-,40+,41-,42?/m1/s1. The number of hydrogen-bond acceptors (Lipinski definition) is 6. The van der Waals surface area contributed by atoms with Crippen molar-refractivity contribution in [1.82, 2.24) is 31.1 Å². The fourth-order valence-corrected chi connectivity index (χ4v) is 13.2. The van der Waals surface area contributed by atoms with E-state index < -0.39 is 0 Å². The van der Waals surface area contributed by atoms with E-state index >= 15 is 0 Å². The number of nitrogens with zero attached hydrogens (tertiary/aromatic N) is 2. The summed E-state index contributed by atoms with van der Waals surface area (Å²) >= 11 is 0. The molecule has 4 bridgehead atoms. The van der Waals surface area contributed by atoms with Gasteiger partial charge in [0.1, 0.15) is 0 Å². The summed E-state index contributed by atoms with van der Waals surface area (Å²) in [5, 5.41) is 12.6. The van der Waals surface area contributed by atoms with Crippen molar-refractivity contribution in [3.8, 4) is 0 Å². The lowest BCUT2D eigenvalue weighted by Crippen LogP contribution is -2.44. The minimum absolute atomic E-state index is 0.00405. The van der Waals surface area contributed by atoms with E-state index in [0.29, 0.717) is 49.3 Å². The number of nitrogens with one attached hydrogen (secondary N) is 4. The van der Waals surface area contributed by atoms with Crippen LogP contribution >= 0.6 is 21.6 Å². The molecule has 4 heterocycles. The van der Waals surface area contributed by atoms with Gasteiger partial charge < -0.3 is 21.3 Å². The fourth-order valence-electron chi connectivity index (χ4n) is 11.0. The number of amides is 4. The van der Waals surface area contributed by atoms with Crippen LogP contribution in [0.4, 0.5) is 9.59 Å². The lowest BCUT2D eigenvalue weighted by molar-refractivity contribution is 0.185. The van der Waals surface area contributed by atoms with Crippen molar-refractivity contribution >= 4 is 33.7 Å². The molecule has 8 rings (SSSR count). The molecule has 10 heteroatoms. The van der Waals surface area contributed by atoms with Gasteiger partial charge in [0.15, 0.2) is 0 Å². The van der Waals surface area contributed by atoms with Crippen LogP contribution in [0.3, 0.4) is 0 Å². The first-order valence-corrected chi connectivity index (χ1v) is 24.1. The van der Waals surface area contributed by atoms with Crippen molar-refractivity contribution in [1.29, 1.82) is 0 Å². The highest BCUT2D eigenvalue weighted by Crippen LogP contribution is 2.54. The second-order valence-corrected chi connectivity index (χ2v) is 19.8. The Labute approximate surface area is 332 Å². The molecule has 2 aromatic rings. The predicted molar refractivity (Wildman–Crippen MR) is 224 cm³/mol. The highest BCUT2D eigenvalue weighted by Gasteiger charge is 2.44. The number of fused-ring (bicyclic) bond motifs is 10. The van der Waals surface area contributed by atoms with Gasteiger partial charge in [0, 0.05) is 60.8 Å². The van der Waals surface area contributed by atoms with Gasteiger partial charge in [-0.15, -0.1) is 0 Å². The van der Waals surface area contributed by atoms with Gasteiger partial charge in [-0.2, -0.15) is 0 Å². The summed E-state index contributed by atoms with van der Waals surface area (Å²) in [6.45, 7) is 3.87. The third-order valence-electron chi connectivity index (χ3n) is 13.9. The van der Waals surface area contributed by atoms with Gasteiger partial charge in [-0.05, 0) is 150 Å². The molecule has 4 fully saturated rings. The van der Waals surface area contributed by atoms with Gasteiger partial charge in [0.05, 0.1) is 0 Å². The highest BCUT2D eigenvalue weighted by atomic mass is 33.1. The Morgan fingerprint density at radius 2 is 0.870 bits per heavy atom. The Kier molecular flexibility index (Phi) is 13.3. The number of rotatable bonds is 17. The topological polar surface area (TPSA) is 88.7 Å². The number of benzene rings is 2. The van der Waals surface area contributed by atoms with E-state index in [4.69, 9.17) is 0 Å². The molecular formula is C44H64N6O2S2. The molecule has 2 aliphatic carbocycles. The van der Waals surface area contributed by atoms with Crippen LogP contribution in [0, 0.1) is 11.8 Å². The lowest BCUT2D eigenvalue weighted by Gasteiger charge is -2.31. The van der Waals surface area contributed by atoms with Crippen molar-refractivity contribution in [3.63, 3.8) is 0 Å². The van der Waals surface area contributed by atoms with Crippen molar-refractivity contribution in [3.05, 3.63) is 70.8 Å². The van der Waals surface area contributed by atoms with Gasteiger partial charge >= 0.3 is 12.1 Å². The van der Waals surface area contributed by atoms with Crippen LogP contribution in [0.1, 0.15) is 149 Å². The molecule has 54 heavy (non-hydrogen) atoms. The maximum atomic E-state index is 12.5. The van der Waals surface area contributed by atoms with Crippen LogP contribution < -0.4 is 21.3 Å². The smallest absolute Gasteiger partial charge is 0.315 e. The Morgan fingerprint density at radius 3 is 1.22 bits per heavy atom. The monoisotopic (exact) mass is 772 g/mol. The molecule has 2 aromatic carbocycles. The Balaban J connectivity index is 0.587. The summed E-state index contributed by atoms with van der Waals surface area (Å²) in [4.78, 5) is 30.6. The molecule has 0 spiro atoms. The Bertz CT molecular complexity index is 1370. The molecule has 8 nitrogen and oxygen atoms in total. The third-order valence-corrected chi connectivity index (χ3v) is 16.5. The molecule has 4 atom stereocenters. The van der Waals surface area contributed by atoms with E-state index in [0.717, 1.165) is 61.9 Å².